The fourth-order valence-corrected chi connectivity index (χ4v) is 2.93. The minimum Gasteiger partial charge on any atom is -0.316 e. The van der Waals surface area contributed by atoms with Crippen LogP contribution in [0.1, 0.15) is 10.4 Å². The molecule has 0 bridgehead atoms. The Morgan fingerprint density at radius 3 is 2.48 bits per heavy atom. The normalized spacial score (nSPS) is 10.3. The van der Waals surface area contributed by atoms with Crippen molar-refractivity contribution in [1.29, 1.82) is 0 Å². The molecule has 0 spiro atoms. The van der Waals surface area contributed by atoms with Gasteiger partial charge in [0.15, 0.2) is 4.87 Å². The summed E-state index contributed by atoms with van der Waals surface area (Å²) < 4.78 is 0. The van der Waals surface area contributed by atoms with Crippen molar-refractivity contribution in [3.8, 4) is 10.4 Å². The molecule has 0 saturated carbocycles. The van der Waals surface area contributed by atoms with Crippen molar-refractivity contribution in [3.63, 3.8) is 0 Å². The Labute approximate surface area is 136 Å². The molecular weight excluding hydrogens is 310 g/mol. The molecule has 3 N–H and O–H groups in total. The van der Waals surface area contributed by atoms with E-state index >= 15 is 0 Å². The lowest BCUT2D eigenvalue weighted by Crippen LogP contribution is -2.16. The third-order valence-corrected chi connectivity index (χ3v) is 4.24. The molecule has 0 fully saturated rings. The van der Waals surface area contributed by atoms with E-state index in [0.29, 0.717) is 11.3 Å². The average Bonchev–Trinajstić information content (AvgIpc) is 3.10. The second-order valence-electron chi connectivity index (χ2n) is 4.86. The summed E-state index contributed by atoms with van der Waals surface area (Å²) >= 11 is 1.58. The van der Waals surface area contributed by atoms with Gasteiger partial charge in [-0.15, -0.1) is 11.3 Å². The summed E-state index contributed by atoms with van der Waals surface area (Å²) in [4.78, 5) is 25.1. The molecule has 0 saturated heterocycles. The maximum Gasteiger partial charge on any atom is 0.314 e. The Morgan fingerprint density at radius 1 is 1.04 bits per heavy atom. The number of benzene rings is 2. The van der Waals surface area contributed by atoms with Gasteiger partial charge >= 0.3 is 5.69 Å². The number of anilines is 1. The number of rotatable bonds is 4. The lowest BCUT2D eigenvalue weighted by Gasteiger charge is -2.07. The van der Waals surface area contributed by atoms with E-state index in [1.165, 1.54) is 0 Å². The summed E-state index contributed by atoms with van der Waals surface area (Å²) in [6.07, 6.45) is 0. The molecule has 3 aromatic rings. The van der Waals surface area contributed by atoms with Crippen LogP contribution in [0, 0.1) is 4.91 Å². The second-order valence-corrected chi connectivity index (χ2v) is 5.80. The number of hydrazine groups is 1. The number of nitrogens with zero attached hydrogens (tertiary/aromatic N) is 1. The number of nitroso groups, excluding NO2 is 1. The van der Waals surface area contributed by atoms with Gasteiger partial charge in [-0.05, 0) is 41.3 Å². The minimum absolute atomic E-state index is 0.203. The number of amides is 1. The molecule has 114 valence electrons. The minimum atomic E-state index is -0.294. The van der Waals surface area contributed by atoms with E-state index in [-0.39, 0.29) is 16.5 Å². The van der Waals surface area contributed by atoms with Gasteiger partial charge in [0.2, 0.25) is 0 Å². The molecule has 1 heterocycles. The Hall–Kier alpha value is -2.99. The van der Waals surface area contributed by atoms with Crippen molar-refractivity contribution in [3.05, 3.63) is 76.5 Å². The Balaban J connectivity index is 1.97. The molecule has 1 amide bonds. The molecule has 0 unspecified atom stereocenters. The summed E-state index contributed by atoms with van der Waals surface area (Å²) in [6.45, 7) is 0. The zero-order valence-electron chi connectivity index (χ0n) is 12.1. The molecule has 0 aliphatic carbocycles. The van der Waals surface area contributed by atoms with Gasteiger partial charge in [0.25, 0.3) is 5.91 Å². The zero-order valence-corrected chi connectivity index (χ0v) is 12.9. The van der Waals surface area contributed by atoms with Gasteiger partial charge in [-0.2, -0.15) is 5.84 Å². The highest BCUT2D eigenvalue weighted by Gasteiger charge is 2.19. The quantitative estimate of drug-likeness (QED) is 0.433. The van der Waals surface area contributed by atoms with E-state index in [2.05, 4.69) is 5.32 Å². The number of nitrogens with two attached hydrogens (primary N) is 1. The largest absolute Gasteiger partial charge is 0.316 e. The van der Waals surface area contributed by atoms with E-state index in [4.69, 9.17) is 5.84 Å². The third-order valence-electron chi connectivity index (χ3n) is 3.32. The number of hydrogen-bond acceptors (Lipinski definition) is 3. The summed E-state index contributed by atoms with van der Waals surface area (Å²) in [5.41, 5.74) is 2.00. The van der Waals surface area contributed by atoms with Gasteiger partial charge in [-0.3, -0.25) is 4.79 Å². The summed E-state index contributed by atoms with van der Waals surface area (Å²) in [5, 5.41) is 4.72. The van der Waals surface area contributed by atoms with Gasteiger partial charge in [0, 0.05) is 16.5 Å². The molecule has 0 atom stereocenters. The summed E-state index contributed by atoms with van der Waals surface area (Å²) in [6, 6.07) is 17.9. The first-order valence-electron chi connectivity index (χ1n) is 6.91. The molecule has 23 heavy (non-hydrogen) atoms. The van der Waals surface area contributed by atoms with Crippen LogP contribution in [0.5, 0.6) is 0 Å². The van der Waals surface area contributed by atoms with E-state index in [9.17, 15) is 9.70 Å². The first kappa shape index (κ1) is 14.9. The van der Waals surface area contributed by atoms with Crippen LogP contribution in [0.25, 0.3) is 10.4 Å². The lowest BCUT2D eigenvalue weighted by atomic mass is 10.1. The Kier molecular flexibility index (Phi) is 4.16. The van der Waals surface area contributed by atoms with Crippen LogP contribution in [-0.4, -0.2) is 10.8 Å². The van der Waals surface area contributed by atoms with Crippen LogP contribution in [-0.2, 0) is 0 Å². The molecule has 6 heteroatoms. The molecular formula is C17H14N3O2S+. The van der Waals surface area contributed by atoms with Gasteiger partial charge in [-0.1, -0.05) is 24.3 Å². The van der Waals surface area contributed by atoms with E-state index < -0.39 is 0 Å². The maximum absolute atomic E-state index is 12.3. The highest BCUT2D eigenvalue weighted by atomic mass is 32.1. The van der Waals surface area contributed by atoms with Crippen LogP contribution < -0.4 is 11.2 Å². The highest BCUT2D eigenvalue weighted by Crippen LogP contribution is 2.32. The van der Waals surface area contributed by atoms with Crippen LogP contribution in [0.2, 0.25) is 0 Å². The first-order chi connectivity index (χ1) is 11.1. The molecule has 3 rings (SSSR count). The summed E-state index contributed by atoms with van der Waals surface area (Å²) in [7, 11) is 0. The first-order valence-corrected chi connectivity index (χ1v) is 7.79. The predicted octanol–water partition coefficient (Wildman–Crippen LogP) is 3.95. The van der Waals surface area contributed by atoms with Crippen LogP contribution >= 0.6 is 11.3 Å². The van der Waals surface area contributed by atoms with E-state index in [1.54, 1.807) is 53.8 Å². The predicted molar refractivity (Wildman–Crippen MR) is 91.6 cm³/mol. The Morgan fingerprint density at radius 2 is 1.83 bits per heavy atom. The van der Waals surface area contributed by atoms with Crippen molar-refractivity contribution in [2.45, 2.75) is 0 Å². The smallest absolute Gasteiger partial charge is 0.314 e. The van der Waals surface area contributed by atoms with Crippen molar-refractivity contribution in [2.24, 2.45) is 5.84 Å². The third kappa shape index (κ3) is 3.27. The van der Waals surface area contributed by atoms with Crippen LogP contribution in [0.4, 0.5) is 11.4 Å². The monoisotopic (exact) mass is 324 g/mol. The maximum atomic E-state index is 12.3. The summed E-state index contributed by atoms with van der Waals surface area (Å²) in [5.74, 6) is 5.03. The molecule has 1 aromatic heterocycles. The van der Waals surface area contributed by atoms with E-state index in [1.807, 2.05) is 23.6 Å². The van der Waals surface area contributed by atoms with Crippen molar-refractivity contribution in [2.75, 3.05) is 5.32 Å². The SMILES string of the molecule is N[N+](=O)c1ccc(-c2cccs2)cc1NC(=O)c1ccccc1. The zero-order chi connectivity index (χ0) is 16.2. The van der Waals surface area contributed by atoms with Crippen molar-refractivity contribution >= 4 is 28.6 Å². The highest BCUT2D eigenvalue weighted by molar-refractivity contribution is 7.13. The topological polar surface area (TPSA) is 75.2 Å². The fourth-order valence-electron chi connectivity index (χ4n) is 2.21. The molecule has 0 aliphatic heterocycles. The van der Waals surface area contributed by atoms with Gasteiger partial charge < -0.3 is 5.32 Å². The number of thiophene rings is 1. The van der Waals surface area contributed by atoms with Gasteiger partial charge in [0.05, 0.1) is 4.91 Å². The lowest BCUT2D eigenvalue weighted by molar-refractivity contribution is -0.473. The van der Waals surface area contributed by atoms with Gasteiger partial charge in [-0.25, -0.2) is 0 Å². The van der Waals surface area contributed by atoms with Crippen molar-refractivity contribution < 1.29 is 9.66 Å². The number of hydrogen-bond donors (Lipinski definition) is 2. The molecule has 2 aromatic carbocycles. The molecule has 0 radical (unpaired) electrons. The second kappa shape index (κ2) is 6.41. The number of nitrogens with one attached hydrogen (secondary N) is 1. The Bertz CT molecular complexity index is 846. The fraction of sp³-hybridized carbons (Fsp3) is 0. The van der Waals surface area contributed by atoms with Gasteiger partial charge in [0.1, 0.15) is 5.69 Å². The van der Waals surface area contributed by atoms with E-state index in [0.717, 1.165) is 10.4 Å². The van der Waals surface area contributed by atoms with Crippen LogP contribution in [0.3, 0.4) is 0 Å². The average molecular weight is 324 g/mol. The molecule has 5 nitrogen and oxygen atoms in total. The standard InChI is InChI=1S/C17H13N3O2S/c18-20(22)15-9-8-13(16-7-4-10-23-16)11-14(15)19-17(21)12-5-2-1-3-6-12/h1-11H,(H2-,18,19,21,22)/p+1. The molecule has 0 aliphatic rings. The number of carbonyl (C=O) groups excluding carboxylic acids is 1. The number of carbonyl (C=O) groups is 1. The van der Waals surface area contributed by atoms with Crippen LogP contribution in [0.15, 0.2) is 66.0 Å². The van der Waals surface area contributed by atoms with Crippen molar-refractivity contribution in [1.82, 2.24) is 0 Å².